The molecular weight excluding hydrogens is 232 g/mol. The summed E-state index contributed by atoms with van der Waals surface area (Å²) in [5.41, 5.74) is 2.93. The van der Waals surface area contributed by atoms with Gasteiger partial charge in [-0.2, -0.15) is 0 Å². The van der Waals surface area contributed by atoms with Gasteiger partial charge in [-0.15, -0.1) is 0 Å². The average molecular weight is 260 g/mol. The van der Waals surface area contributed by atoms with Gasteiger partial charge >= 0.3 is 0 Å². The number of hydrogen-bond donors (Lipinski definition) is 1. The number of anilines is 1. The van der Waals surface area contributed by atoms with Gasteiger partial charge in [-0.25, -0.2) is 0 Å². The van der Waals surface area contributed by atoms with Crippen molar-refractivity contribution in [3.63, 3.8) is 0 Å². The van der Waals surface area contributed by atoms with Gasteiger partial charge in [-0.3, -0.25) is 0 Å². The van der Waals surface area contributed by atoms with Crippen molar-refractivity contribution in [2.75, 3.05) is 24.5 Å². The molecule has 0 amide bonds. The fourth-order valence-corrected chi connectivity index (χ4v) is 3.18. The molecule has 0 saturated carbocycles. The Morgan fingerprint density at radius 3 is 2.68 bits per heavy atom. The first-order chi connectivity index (χ1) is 9.30. The van der Waals surface area contributed by atoms with Crippen molar-refractivity contribution in [2.45, 2.75) is 46.1 Å². The summed E-state index contributed by atoms with van der Waals surface area (Å²) in [5, 5.41) is 3.61. The molecule has 2 heteroatoms. The molecule has 0 aromatic heterocycles. The highest BCUT2D eigenvalue weighted by Crippen LogP contribution is 2.32. The Hall–Kier alpha value is -1.02. The fraction of sp³-hybridized carbons (Fsp3) is 0.647. The molecule has 1 aliphatic heterocycles. The van der Waals surface area contributed by atoms with Gasteiger partial charge in [0.05, 0.1) is 0 Å². The molecule has 2 rings (SSSR count). The lowest BCUT2D eigenvalue weighted by Gasteiger charge is -2.26. The normalized spacial score (nSPS) is 20.8. The molecule has 19 heavy (non-hydrogen) atoms. The Labute approximate surface area is 118 Å². The van der Waals surface area contributed by atoms with Gasteiger partial charge in [0.1, 0.15) is 0 Å². The van der Waals surface area contributed by atoms with E-state index in [1.807, 2.05) is 0 Å². The van der Waals surface area contributed by atoms with Gasteiger partial charge in [-0.1, -0.05) is 45.4 Å². The van der Waals surface area contributed by atoms with Crippen LogP contribution in [0.4, 0.5) is 5.69 Å². The Kier molecular flexibility index (Phi) is 5.26. The lowest BCUT2D eigenvalue weighted by molar-refractivity contribution is 0.536. The maximum atomic E-state index is 3.61. The van der Waals surface area contributed by atoms with Crippen LogP contribution in [0.15, 0.2) is 24.3 Å². The summed E-state index contributed by atoms with van der Waals surface area (Å²) in [4.78, 5) is 2.59. The van der Waals surface area contributed by atoms with Crippen molar-refractivity contribution in [1.82, 2.24) is 5.32 Å². The molecule has 1 saturated heterocycles. The second kappa shape index (κ2) is 6.95. The van der Waals surface area contributed by atoms with Crippen molar-refractivity contribution in [1.29, 1.82) is 0 Å². The molecule has 0 spiro atoms. The molecule has 0 bridgehead atoms. The number of rotatable bonds is 6. The molecule has 1 aromatic rings. The monoisotopic (exact) mass is 260 g/mol. The van der Waals surface area contributed by atoms with Crippen LogP contribution in [-0.4, -0.2) is 19.6 Å². The van der Waals surface area contributed by atoms with Crippen molar-refractivity contribution >= 4 is 5.69 Å². The Balaban J connectivity index is 2.20. The van der Waals surface area contributed by atoms with E-state index in [1.165, 1.54) is 37.2 Å². The highest BCUT2D eigenvalue weighted by atomic mass is 15.2. The molecule has 1 aliphatic rings. The highest BCUT2D eigenvalue weighted by molar-refractivity contribution is 5.55. The molecule has 0 radical (unpaired) electrons. The van der Waals surface area contributed by atoms with E-state index in [2.05, 4.69) is 55.3 Å². The van der Waals surface area contributed by atoms with Crippen LogP contribution in [0.1, 0.15) is 51.6 Å². The number of nitrogens with zero attached hydrogens (tertiary/aromatic N) is 1. The summed E-state index contributed by atoms with van der Waals surface area (Å²) < 4.78 is 0. The minimum atomic E-state index is 0.488. The number of hydrogen-bond acceptors (Lipinski definition) is 2. The smallest absolute Gasteiger partial charge is 0.0414 e. The number of benzene rings is 1. The Morgan fingerprint density at radius 1 is 1.26 bits per heavy atom. The van der Waals surface area contributed by atoms with Crippen molar-refractivity contribution < 1.29 is 0 Å². The summed E-state index contributed by atoms with van der Waals surface area (Å²) in [6.45, 7) is 10.3. The molecule has 1 heterocycles. The van der Waals surface area contributed by atoms with E-state index in [1.54, 1.807) is 0 Å². The third-order valence-electron chi connectivity index (χ3n) is 4.37. The largest absolute Gasteiger partial charge is 0.371 e. The van der Waals surface area contributed by atoms with Crippen molar-refractivity contribution in [3.8, 4) is 0 Å². The second-order valence-electron chi connectivity index (χ2n) is 5.59. The van der Waals surface area contributed by atoms with Crippen LogP contribution in [0, 0.1) is 5.92 Å². The Bertz CT molecular complexity index is 389. The van der Waals surface area contributed by atoms with E-state index in [-0.39, 0.29) is 0 Å². The predicted octanol–water partition coefficient (Wildman–Crippen LogP) is 3.98. The maximum Gasteiger partial charge on any atom is 0.0414 e. The topological polar surface area (TPSA) is 15.3 Å². The minimum absolute atomic E-state index is 0.488. The zero-order valence-electron chi connectivity index (χ0n) is 12.7. The van der Waals surface area contributed by atoms with Gasteiger partial charge in [0.15, 0.2) is 0 Å². The van der Waals surface area contributed by atoms with E-state index >= 15 is 0 Å². The van der Waals surface area contributed by atoms with Crippen LogP contribution in [0.5, 0.6) is 0 Å². The summed E-state index contributed by atoms with van der Waals surface area (Å²) >= 11 is 0. The van der Waals surface area contributed by atoms with Crippen LogP contribution >= 0.6 is 0 Å². The third-order valence-corrected chi connectivity index (χ3v) is 4.37. The van der Waals surface area contributed by atoms with E-state index < -0.39 is 0 Å². The summed E-state index contributed by atoms with van der Waals surface area (Å²) in [5.74, 6) is 0.882. The van der Waals surface area contributed by atoms with E-state index in [0.29, 0.717) is 6.04 Å². The lowest BCUT2D eigenvalue weighted by atomic mass is 10.0. The number of para-hydroxylation sites is 1. The molecular formula is C17H28N2. The first-order valence-electron chi connectivity index (χ1n) is 7.87. The molecule has 1 fully saturated rings. The molecule has 1 N–H and O–H groups in total. The van der Waals surface area contributed by atoms with Crippen molar-refractivity contribution in [3.05, 3.63) is 29.8 Å². The van der Waals surface area contributed by atoms with Gasteiger partial charge in [0.25, 0.3) is 0 Å². The summed E-state index contributed by atoms with van der Waals surface area (Å²) in [6.07, 6.45) is 3.81. The second-order valence-corrected chi connectivity index (χ2v) is 5.59. The van der Waals surface area contributed by atoms with Gasteiger partial charge < -0.3 is 10.2 Å². The standard InChI is InChI=1S/C17H28N2/c1-4-14-11-12-19(13-14)17-10-8-7-9-15(17)16(5-2)18-6-3/h7-10,14,16,18H,4-6,11-13H2,1-3H3. The third kappa shape index (κ3) is 3.30. The zero-order valence-corrected chi connectivity index (χ0v) is 12.7. The average Bonchev–Trinajstić information content (AvgIpc) is 2.93. The van der Waals surface area contributed by atoms with Crippen LogP contribution in [-0.2, 0) is 0 Å². The minimum Gasteiger partial charge on any atom is -0.371 e. The SMILES string of the molecule is CCNC(CC)c1ccccc1N1CCC(CC)C1. The lowest BCUT2D eigenvalue weighted by Crippen LogP contribution is -2.26. The van der Waals surface area contributed by atoms with Crippen molar-refractivity contribution in [2.24, 2.45) is 5.92 Å². The van der Waals surface area contributed by atoms with E-state index in [9.17, 15) is 0 Å². The molecule has 106 valence electrons. The van der Waals surface area contributed by atoms with E-state index in [0.717, 1.165) is 18.9 Å². The van der Waals surface area contributed by atoms with Gasteiger partial charge in [-0.05, 0) is 36.9 Å². The summed E-state index contributed by atoms with van der Waals surface area (Å²) in [7, 11) is 0. The predicted molar refractivity (Wildman–Crippen MR) is 83.8 cm³/mol. The van der Waals surface area contributed by atoms with Crippen LogP contribution in [0.3, 0.4) is 0 Å². The molecule has 2 unspecified atom stereocenters. The fourth-order valence-electron chi connectivity index (χ4n) is 3.18. The zero-order chi connectivity index (χ0) is 13.7. The Morgan fingerprint density at radius 2 is 2.05 bits per heavy atom. The maximum absolute atomic E-state index is 3.61. The molecule has 0 aliphatic carbocycles. The van der Waals surface area contributed by atoms with Crippen LogP contribution < -0.4 is 10.2 Å². The summed E-state index contributed by atoms with van der Waals surface area (Å²) in [6, 6.07) is 9.43. The first kappa shape index (κ1) is 14.4. The van der Waals surface area contributed by atoms with E-state index in [4.69, 9.17) is 0 Å². The first-order valence-corrected chi connectivity index (χ1v) is 7.87. The van der Waals surface area contributed by atoms with Crippen LogP contribution in [0.2, 0.25) is 0 Å². The highest BCUT2D eigenvalue weighted by Gasteiger charge is 2.24. The number of nitrogens with one attached hydrogen (secondary N) is 1. The molecule has 2 atom stereocenters. The van der Waals surface area contributed by atoms with Crippen LogP contribution in [0.25, 0.3) is 0 Å². The van der Waals surface area contributed by atoms with Gasteiger partial charge in [0.2, 0.25) is 0 Å². The molecule has 2 nitrogen and oxygen atoms in total. The molecule has 1 aromatic carbocycles. The quantitative estimate of drug-likeness (QED) is 0.832. The van der Waals surface area contributed by atoms with Gasteiger partial charge in [0, 0.05) is 24.8 Å².